The molecule has 0 radical (unpaired) electrons. The third-order valence-corrected chi connectivity index (χ3v) is 15.0. The Kier molecular flexibility index (Phi) is 7.42. The molecular formula is C61H43BN4O2. The van der Waals surface area contributed by atoms with Crippen molar-refractivity contribution >= 4 is 117 Å². The van der Waals surface area contributed by atoms with Gasteiger partial charge in [-0.3, -0.25) is 0 Å². The maximum absolute atomic E-state index is 7.68. The normalized spacial score (nSPS) is 13.4. The molecule has 15 rings (SSSR count). The summed E-state index contributed by atoms with van der Waals surface area (Å²) in [6.07, 6.45) is 0. The van der Waals surface area contributed by atoms with Gasteiger partial charge in [0.1, 0.15) is 17.1 Å². The Morgan fingerprint density at radius 3 is 1.62 bits per heavy atom. The van der Waals surface area contributed by atoms with Crippen LogP contribution in [0.2, 0.25) is 0 Å². The van der Waals surface area contributed by atoms with Gasteiger partial charge in [0, 0.05) is 73.2 Å². The smallest absolute Gasteiger partial charge is 0.301 e. The van der Waals surface area contributed by atoms with Crippen molar-refractivity contribution in [2.24, 2.45) is 7.05 Å². The zero-order valence-corrected chi connectivity index (χ0v) is 38.1. The molecule has 0 bridgehead atoms. The van der Waals surface area contributed by atoms with Crippen LogP contribution in [-0.4, -0.2) is 20.4 Å². The summed E-state index contributed by atoms with van der Waals surface area (Å²) in [5.74, 6) is 1.66. The highest BCUT2D eigenvalue weighted by Crippen LogP contribution is 2.49. The summed E-state index contributed by atoms with van der Waals surface area (Å²) >= 11 is 0. The first-order chi connectivity index (χ1) is 33.3. The highest BCUT2D eigenvalue weighted by molar-refractivity contribution is 6.99. The van der Waals surface area contributed by atoms with Crippen LogP contribution < -0.4 is 26.2 Å². The highest BCUT2D eigenvalue weighted by Gasteiger charge is 2.47. The minimum absolute atomic E-state index is 0.00660. The zero-order valence-electron chi connectivity index (χ0n) is 38.1. The van der Waals surface area contributed by atoms with E-state index in [2.05, 4.69) is 234 Å². The third kappa shape index (κ3) is 4.92. The van der Waals surface area contributed by atoms with Gasteiger partial charge in [-0.25, -0.2) is 0 Å². The van der Waals surface area contributed by atoms with Crippen LogP contribution in [0.5, 0.6) is 11.5 Å². The molecule has 13 aromatic rings. The minimum Gasteiger partial charge on any atom is -0.468 e. The summed E-state index contributed by atoms with van der Waals surface area (Å²) in [4.78, 5) is 2.44. The fraction of sp³-hybridized carbons (Fsp3) is 0.0820. The van der Waals surface area contributed by atoms with E-state index in [9.17, 15) is 0 Å². The minimum atomic E-state index is -0.308. The molecule has 68 heavy (non-hydrogen) atoms. The van der Waals surface area contributed by atoms with E-state index in [1.54, 1.807) is 0 Å². The number of furan rings is 1. The van der Waals surface area contributed by atoms with Gasteiger partial charge in [0.05, 0.1) is 50.3 Å². The molecule has 0 unspecified atom stereocenters. The summed E-state index contributed by atoms with van der Waals surface area (Å²) in [7, 11) is 2.19. The van der Waals surface area contributed by atoms with Crippen LogP contribution in [0.3, 0.4) is 0 Å². The van der Waals surface area contributed by atoms with Crippen LogP contribution in [0.1, 0.15) is 26.3 Å². The predicted molar refractivity (Wildman–Crippen MR) is 283 cm³/mol. The third-order valence-electron chi connectivity index (χ3n) is 15.0. The fourth-order valence-corrected chi connectivity index (χ4v) is 12.0. The molecule has 0 saturated heterocycles. The van der Waals surface area contributed by atoms with Crippen LogP contribution in [0, 0.1) is 0 Å². The van der Waals surface area contributed by atoms with Crippen LogP contribution in [0.25, 0.3) is 87.8 Å². The first-order valence-corrected chi connectivity index (χ1v) is 23.6. The van der Waals surface area contributed by atoms with Gasteiger partial charge in [-0.2, -0.15) is 0 Å². The molecule has 2 aliphatic rings. The number of hydrogen-bond donors (Lipinski definition) is 0. The summed E-state index contributed by atoms with van der Waals surface area (Å²) < 4.78 is 22.2. The van der Waals surface area contributed by atoms with Crippen LogP contribution in [0.4, 0.5) is 17.1 Å². The average Bonchev–Trinajstić information content (AvgIpc) is 4.10. The molecule has 0 amide bonds. The Bertz CT molecular complexity index is 4200. The number of benzene rings is 9. The number of rotatable bonds is 3. The lowest BCUT2D eigenvalue weighted by Gasteiger charge is -2.38. The standard InChI is InChI=1S/C61H43BN4O2/c1-61(2,3)36-29-31-37(32-30-36)65-52-33-38(64-47-24-12-5-17-39(47)40-18-6-13-25-48(40)64)34-54-56(52)62(60-57(65)44-22-10-16-28-53(44)68-60)45-35-51(55-43-21-9-11-23-46(43)63(4)58(55)59(45)67-54)66-49-26-14-7-19-41(49)42-20-8-15-27-50(42)66/h5-35H,1-4H3. The molecule has 0 aliphatic carbocycles. The lowest BCUT2D eigenvalue weighted by Crippen LogP contribution is -2.59. The second-order valence-corrected chi connectivity index (χ2v) is 19.7. The van der Waals surface area contributed by atoms with Gasteiger partial charge in [-0.05, 0) is 83.2 Å². The van der Waals surface area contributed by atoms with Crippen LogP contribution in [0.15, 0.2) is 192 Å². The molecule has 322 valence electrons. The molecule has 9 aromatic carbocycles. The van der Waals surface area contributed by atoms with Crippen molar-refractivity contribution in [3.8, 4) is 22.9 Å². The maximum Gasteiger partial charge on any atom is 0.301 e. The molecule has 0 fully saturated rings. The molecule has 0 atom stereocenters. The van der Waals surface area contributed by atoms with Crippen molar-refractivity contribution in [1.29, 1.82) is 0 Å². The van der Waals surface area contributed by atoms with Gasteiger partial charge in [0.2, 0.25) is 0 Å². The van der Waals surface area contributed by atoms with E-state index in [-0.39, 0.29) is 12.1 Å². The van der Waals surface area contributed by atoms with E-state index in [1.807, 2.05) is 0 Å². The van der Waals surface area contributed by atoms with Gasteiger partial charge >= 0.3 is 6.71 Å². The second-order valence-electron chi connectivity index (χ2n) is 19.7. The quantitative estimate of drug-likeness (QED) is 0.166. The Hall–Kier alpha value is -8.42. The maximum atomic E-state index is 7.68. The largest absolute Gasteiger partial charge is 0.468 e. The van der Waals surface area contributed by atoms with Crippen LogP contribution >= 0.6 is 0 Å². The Morgan fingerprint density at radius 2 is 1.01 bits per heavy atom. The number of fused-ring (bicyclic) bond motifs is 16. The average molecular weight is 875 g/mol. The monoisotopic (exact) mass is 874 g/mol. The van der Waals surface area contributed by atoms with E-state index in [0.717, 1.165) is 106 Å². The molecule has 0 saturated carbocycles. The van der Waals surface area contributed by atoms with Gasteiger partial charge in [-0.1, -0.05) is 136 Å². The summed E-state index contributed by atoms with van der Waals surface area (Å²) in [5, 5.41) is 8.27. The summed E-state index contributed by atoms with van der Waals surface area (Å²) in [5.41, 5.74) is 17.3. The first-order valence-electron chi connectivity index (χ1n) is 23.6. The number of anilines is 3. The molecule has 0 N–H and O–H groups in total. The lowest BCUT2D eigenvalue weighted by molar-refractivity contribution is 0.490. The Labute approximate surface area is 392 Å². The molecule has 4 aromatic heterocycles. The number of aryl methyl sites for hydroxylation is 1. The second kappa shape index (κ2) is 13.4. The van der Waals surface area contributed by atoms with E-state index in [1.165, 1.54) is 32.5 Å². The molecule has 0 spiro atoms. The van der Waals surface area contributed by atoms with Gasteiger partial charge < -0.3 is 27.8 Å². The van der Waals surface area contributed by atoms with Gasteiger partial charge in [0.15, 0.2) is 0 Å². The van der Waals surface area contributed by atoms with Crippen molar-refractivity contribution in [2.45, 2.75) is 26.2 Å². The van der Waals surface area contributed by atoms with E-state index >= 15 is 0 Å². The molecular weight excluding hydrogens is 832 g/mol. The van der Waals surface area contributed by atoms with E-state index in [0.29, 0.717) is 0 Å². The van der Waals surface area contributed by atoms with Crippen molar-refractivity contribution in [1.82, 2.24) is 13.7 Å². The van der Waals surface area contributed by atoms with Crippen LogP contribution in [-0.2, 0) is 12.5 Å². The number of hydrogen-bond acceptors (Lipinski definition) is 3. The van der Waals surface area contributed by atoms with E-state index in [4.69, 9.17) is 9.15 Å². The van der Waals surface area contributed by atoms with Crippen molar-refractivity contribution in [3.05, 3.63) is 194 Å². The van der Waals surface area contributed by atoms with E-state index < -0.39 is 0 Å². The topological polar surface area (TPSA) is 40.4 Å². The molecule has 2 aliphatic heterocycles. The molecule has 7 heteroatoms. The molecule has 6 nitrogen and oxygen atoms in total. The lowest BCUT2D eigenvalue weighted by atomic mass is 9.36. The van der Waals surface area contributed by atoms with Crippen molar-refractivity contribution in [2.75, 3.05) is 4.90 Å². The SMILES string of the molecule is Cn1c2ccccc2c2c(-n3c4ccccc4c4ccccc43)cc3c(c21)Oc1cc(-n2c4ccccc4c4ccccc42)cc2c1B3c1oc3ccccc3c1N2c1ccc(C(C)(C)C)cc1. The fourth-order valence-electron chi connectivity index (χ4n) is 12.0. The van der Waals surface area contributed by atoms with Crippen molar-refractivity contribution in [3.63, 3.8) is 0 Å². The zero-order chi connectivity index (χ0) is 45.2. The number of para-hydroxylation sites is 6. The Morgan fingerprint density at radius 1 is 0.485 bits per heavy atom. The number of aromatic nitrogens is 3. The highest BCUT2D eigenvalue weighted by atomic mass is 16.5. The summed E-state index contributed by atoms with van der Waals surface area (Å²) in [6.45, 7) is 6.51. The van der Waals surface area contributed by atoms with Gasteiger partial charge in [-0.15, -0.1) is 0 Å². The van der Waals surface area contributed by atoms with Gasteiger partial charge in [0.25, 0.3) is 0 Å². The first kappa shape index (κ1) is 37.8. The predicted octanol–water partition coefficient (Wildman–Crippen LogP) is 14.0. The molecule has 6 heterocycles. The van der Waals surface area contributed by atoms with Crippen molar-refractivity contribution < 1.29 is 9.15 Å². The number of ether oxygens (including phenoxy) is 1. The number of nitrogens with zero attached hydrogens (tertiary/aromatic N) is 4. The summed E-state index contributed by atoms with van der Waals surface area (Å²) in [6, 6.07) is 68.6. The Balaban J connectivity index is 1.11.